The molecule has 4 heteroatoms. The fourth-order valence-corrected chi connectivity index (χ4v) is 2.11. The highest BCUT2D eigenvalue weighted by Gasteiger charge is 2.03. The first-order chi connectivity index (χ1) is 11.2. The lowest BCUT2D eigenvalue weighted by atomic mass is 10.1. The molecule has 1 N–H and O–H groups in total. The molecule has 0 atom stereocenters. The van der Waals surface area contributed by atoms with Gasteiger partial charge in [0, 0.05) is 0 Å². The van der Waals surface area contributed by atoms with Gasteiger partial charge in [0.2, 0.25) is 0 Å². The van der Waals surface area contributed by atoms with E-state index < -0.39 is 0 Å². The van der Waals surface area contributed by atoms with E-state index in [1.807, 2.05) is 61.5 Å². The quantitative estimate of drug-likeness (QED) is 0.628. The number of aryl methyl sites for hydroxylation is 1. The van der Waals surface area contributed by atoms with Crippen LogP contribution >= 0.6 is 0 Å². The van der Waals surface area contributed by atoms with E-state index >= 15 is 0 Å². The Labute approximate surface area is 137 Å². The third-order valence-corrected chi connectivity index (χ3v) is 3.37. The number of hydrogen-bond donors (Lipinski definition) is 1. The molecule has 2 aromatic rings. The summed E-state index contributed by atoms with van der Waals surface area (Å²) in [6.45, 7) is 3.94. The average molecular weight is 310 g/mol. The van der Waals surface area contributed by atoms with Gasteiger partial charge < -0.3 is 4.74 Å². The highest BCUT2D eigenvalue weighted by Crippen LogP contribution is 2.13. The molecule has 4 nitrogen and oxygen atoms in total. The first-order valence-corrected chi connectivity index (χ1v) is 7.79. The summed E-state index contributed by atoms with van der Waals surface area (Å²) >= 11 is 0. The Morgan fingerprint density at radius 3 is 2.43 bits per heavy atom. The molecule has 1 amide bonds. The second-order valence-corrected chi connectivity index (χ2v) is 5.28. The first-order valence-electron chi connectivity index (χ1n) is 7.79. The zero-order valence-corrected chi connectivity index (χ0v) is 13.6. The topological polar surface area (TPSA) is 50.7 Å². The third-order valence-electron chi connectivity index (χ3n) is 3.37. The smallest absolute Gasteiger partial charge is 0.277 e. The number of carbonyl (C=O) groups is 1. The van der Waals surface area contributed by atoms with Crippen molar-refractivity contribution >= 4 is 11.6 Å². The van der Waals surface area contributed by atoms with Gasteiger partial charge in [0.05, 0.1) is 5.71 Å². The van der Waals surface area contributed by atoms with E-state index in [1.54, 1.807) is 0 Å². The summed E-state index contributed by atoms with van der Waals surface area (Å²) in [6.07, 6.45) is 2.16. The monoisotopic (exact) mass is 310 g/mol. The number of hydrazone groups is 1. The van der Waals surface area contributed by atoms with Crippen LogP contribution in [0.2, 0.25) is 0 Å². The molecule has 0 bridgehead atoms. The highest BCUT2D eigenvalue weighted by molar-refractivity contribution is 5.99. The highest BCUT2D eigenvalue weighted by atomic mass is 16.5. The maximum Gasteiger partial charge on any atom is 0.277 e. The van der Waals surface area contributed by atoms with E-state index in [9.17, 15) is 4.79 Å². The lowest BCUT2D eigenvalue weighted by Crippen LogP contribution is -2.25. The molecular weight excluding hydrogens is 288 g/mol. The number of amides is 1. The largest absolute Gasteiger partial charge is 0.484 e. The fourth-order valence-electron chi connectivity index (χ4n) is 2.11. The van der Waals surface area contributed by atoms with E-state index in [2.05, 4.69) is 17.5 Å². The van der Waals surface area contributed by atoms with Crippen LogP contribution in [0.5, 0.6) is 5.75 Å². The molecule has 23 heavy (non-hydrogen) atoms. The van der Waals surface area contributed by atoms with Gasteiger partial charge in [-0.25, -0.2) is 5.43 Å². The van der Waals surface area contributed by atoms with Crippen LogP contribution in [0.1, 0.15) is 31.4 Å². The molecule has 0 unspecified atom stereocenters. The Hall–Kier alpha value is -2.62. The van der Waals surface area contributed by atoms with Gasteiger partial charge in [-0.3, -0.25) is 4.79 Å². The third kappa shape index (κ3) is 5.58. The van der Waals surface area contributed by atoms with Crippen LogP contribution < -0.4 is 10.2 Å². The van der Waals surface area contributed by atoms with Crippen molar-refractivity contribution in [1.82, 2.24) is 5.43 Å². The van der Waals surface area contributed by atoms with E-state index in [1.165, 1.54) is 5.56 Å². The molecule has 0 aliphatic carbocycles. The molecule has 0 fully saturated rings. The van der Waals surface area contributed by atoms with Crippen molar-refractivity contribution in [2.75, 3.05) is 6.61 Å². The van der Waals surface area contributed by atoms with Gasteiger partial charge in [-0.2, -0.15) is 5.10 Å². The normalized spacial score (nSPS) is 11.1. The molecule has 2 rings (SSSR count). The maximum absolute atomic E-state index is 11.8. The molecule has 2 aromatic carbocycles. The van der Waals surface area contributed by atoms with Gasteiger partial charge in [0.25, 0.3) is 5.91 Å². The zero-order chi connectivity index (χ0) is 16.5. The standard InChI is InChI=1S/C19H22N2O2/c1-3-7-16-10-12-18(13-11-16)23-14-19(22)21-20-15(2)17-8-5-4-6-9-17/h4-6,8-13H,3,7,14H2,1-2H3,(H,21,22). The lowest BCUT2D eigenvalue weighted by Gasteiger charge is -2.07. The number of benzene rings is 2. The van der Waals surface area contributed by atoms with Crippen molar-refractivity contribution in [3.8, 4) is 5.75 Å². The number of carbonyl (C=O) groups excluding carboxylic acids is 1. The molecule has 0 saturated heterocycles. The first kappa shape index (κ1) is 16.7. The van der Waals surface area contributed by atoms with Crippen LogP contribution in [-0.2, 0) is 11.2 Å². The summed E-state index contributed by atoms with van der Waals surface area (Å²) in [5, 5.41) is 4.08. The molecular formula is C19H22N2O2. The molecule has 0 aromatic heterocycles. The molecule has 120 valence electrons. The second-order valence-electron chi connectivity index (χ2n) is 5.28. The minimum atomic E-state index is -0.280. The van der Waals surface area contributed by atoms with Crippen LogP contribution in [0, 0.1) is 0 Å². The average Bonchev–Trinajstić information content (AvgIpc) is 2.60. The van der Waals surface area contributed by atoms with Gasteiger partial charge in [0.1, 0.15) is 5.75 Å². The second kappa shape index (κ2) is 8.73. The fraction of sp³-hybridized carbons (Fsp3) is 0.263. The number of nitrogens with zero attached hydrogens (tertiary/aromatic N) is 1. The summed E-state index contributed by atoms with van der Waals surface area (Å²) in [5.74, 6) is 0.404. The number of hydrogen-bond acceptors (Lipinski definition) is 3. The Morgan fingerprint density at radius 2 is 1.78 bits per heavy atom. The number of nitrogens with one attached hydrogen (secondary N) is 1. The van der Waals surface area contributed by atoms with Gasteiger partial charge >= 0.3 is 0 Å². The van der Waals surface area contributed by atoms with Gasteiger partial charge in [-0.1, -0.05) is 55.8 Å². The van der Waals surface area contributed by atoms with Crippen molar-refractivity contribution in [3.05, 3.63) is 65.7 Å². The summed E-state index contributed by atoms with van der Waals surface area (Å²) in [4.78, 5) is 11.8. The zero-order valence-electron chi connectivity index (χ0n) is 13.6. The Morgan fingerprint density at radius 1 is 1.09 bits per heavy atom. The minimum Gasteiger partial charge on any atom is -0.484 e. The van der Waals surface area contributed by atoms with Gasteiger partial charge in [-0.05, 0) is 36.6 Å². The van der Waals surface area contributed by atoms with Crippen LogP contribution in [0.25, 0.3) is 0 Å². The SMILES string of the molecule is CCCc1ccc(OCC(=O)NN=C(C)c2ccccc2)cc1. The van der Waals surface area contributed by atoms with Crippen molar-refractivity contribution < 1.29 is 9.53 Å². The Balaban J connectivity index is 1.81. The summed E-state index contributed by atoms with van der Waals surface area (Å²) < 4.78 is 5.46. The summed E-state index contributed by atoms with van der Waals surface area (Å²) in [6, 6.07) is 17.5. The molecule has 0 heterocycles. The molecule has 0 saturated carbocycles. The number of ether oxygens (including phenoxy) is 1. The van der Waals surface area contributed by atoms with Crippen molar-refractivity contribution in [3.63, 3.8) is 0 Å². The maximum atomic E-state index is 11.8. The molecule has 0 spiro atoms. The van der Waals surface area contributed by atoms with E-state index in [4.69, 9.17) is 4.74 Å². The Kier molecular flexibility index (Phi) is 6.36. The minimum absolute atomic E-state index is 0.0569. The number of rotatable bonds is 7. The van der Waals surface area contributed by atoms with E-state index in [0.717, 1.165) is 24.1 Å². The molecule has 0 radical (unpaired) electrons. The van der Waals surface area contributed by atoms with Crippen LogP contribution in [-0.4, -0.2) is 18.2 Å². The Bertz CT molecular complexity index is 649. The van der Waals surface area contributed by atoms with Crippen LogP contribution in [0.4, 0.5) is 0 Å². The van der Waals surface area contributed by atoms with Gasteiger partial charge in [-0.15, -0.1) is 0 Å². The summed E-state index contributed by atoms with van der Waals surface area (Å²) in [7, 11) is 0. The van der Waals surface area contributed by atoms with Crippen LogP contribution in [0.3, 0.4) is 0 Å². The predicted molar refractivity (Wildman–Crippen MR) is 92.7 cm³/mol. The summed E-state index contributed by atoms with van der Waals surface area (Å²) in [5.41, 5.74) is 5.50. The van der Waals surface area contributed by atoms with Gasteiger partial charge in [0.15, 0.2) is 6.61 Å². The van der Waals surface area contributed by atoms with Crippen molar-refractivity contribution in [2.45, 2.75) is 26.7 Å². The molecule has 0 aliphatic rings. The lowest BCUT2D eigenvalue weighted by molar-refractivity contribution is -0.123. The molecule has 0 aliphatic heterocycles. The van der Waals surface area contributed by atoms with Crippen molar-refractivity contribution in [2.24, 2.45) is 5.10 Å². The van der Waals surface area contributed by atoms with Crippen molar-refractivity contribution in [1.29, 1.82) is 0 Å². The van der Waals surface area contributed by atoms with E-state index in [-0.39, 0.29) is 12.5 Å². The van der Waals surface area contributed by atoms with E-state index in [0.29, 0.717) is 5.75 Å². The van der Waals surface area contributed by atoms with Crippen LogP contribution in [0.15, 0.2) is 59.7 Å². The predicted octanol–water partition coefficient (Wildman–Crippen LogP) is 3.56.